The van der Waals surface area contributed by atoms with Crippen LogP contribution in [0.5, 0.6) is 0 Å². The van der Waals surface area contributed by atoms with Crippen molar-refractivity contribution in [1.29, 1.82) is 0 Å². The minimum absolute atomic E-state index is 0.0874. The van der Waals surface area contributed by atoms with Crippen LogP contribution in [-0.4, -0.2) is 55.1 Å². The number of aromatic nitrogens is 2. The molecule has 8 heteroatoms. The maximum absolute atomic E-state index is 11.8. The molecule has 1 saturated heterocycles. The second-order valence-corrected chi connectivity index (χ2v) is 9.30. The van der Waals surface area contributed by atoms with Crippen molar-refractivity contribution in [2.45, 2.75) is 13.0 Å². The Balaban J connectivity index is 1.63. The van der Waals surface area contributed by atoms with Crippen LogP contribution in [0.2, 0.25) is 0 Å². The summed E-state index contributed by atoms with van der Waals surface area (Å²) in [5.41, 5.74) is 2.05. The van der Waals surface area contributed by atoms with Crippen molar-refractivity contribution >= 4 is 32.7 Å². The molecule has 1 N–H and O–H groups in total. The van der Waals surface area contributed by atoms with Gasteiger partial charge in [-0.2, -0.15) is 9.29 Å². The topological polar surface area (TPSA) is 78.4 Å². The van der Waals surface area contributed by atoms with Gasteiger partial charge in [0.2, 0.25) is 16.0 Å². The Hall–Kier alpha value is -2.71. The highest BCUT2D eigenvalue weighted by Crippen LogP contribution is 2.27. The van der Waals surface area contributed by atoms with Crippen LogP contribution in [0.4, 0.5) is 11.8 Å². The molecule has 2 aromatic carbocycles. The lowest BCUT2D eigenvalue weighted by Gasteiger charge is -2.33. The summed E-state index contributed by atoms with van der Waals surface area (Å²) in [6, 6.07) is 18.3. The fourth-order valence-corrected chi connectivity index (χ4v) is 4.39. The Bertz CT molecular complexity index is 1100. The highest BCUT2D eigenvalue weighted by molar-refractivity contribution is 7.88. The molecule has 2 heterocycles. The zero-order chi connectivity index (χ0) is 20.4. The molecule has 152 valence electrons. The van der Waals surface area contributed by atoms with E-state index in [1.807, 2.05) is 47.4 Å². The van der Waals surface area contributed by atoms with Gasteiger partial charge in [-0.25, -0.2) is 13.4 Å². The minimum Gasteiger partial charge on any atom is -0.363 e. The number of nitrogens with one attached hydrogen (secondary N) is 1. The molecule has 0 amide bonds. The number of sulfonamides is 1. The first kappa shape index (κ1) is 19.6. The third-order valence-corrected chi connectivity index (χ3v) is 6.54. The molecule has 0 radical (unpaired) electrons. The molecule has 0 saturated carbocycles. The lowest BCUT2D eigenvalue weighted by atomic mass is 10.1. The second kappa shape index (κ2) is 7.96. The van der Waals surface area contributed by atoms with Gasteiger partial charge >= 0.3 is 0 Å². The van der Waals surface area contributed by atoms with Crippen molar-refractivity contribution in [1.82, 2.24) is 14.3 Å². The van der Waals surface area contributed by atoms with Gasteiger partial charge in [-0.1, -0.05) is 42.5 Å². The Kier molecular flexibility index (Phi) is 5.38. The summed E-state index contributed by atoms with van der Waals surface area (Å²) in [6.45, 7) is 4.13. The molecule has 0 spiro atoms. The maximum atomic E-state index is 11.8. The van der Waals surface area contributed by atoms with E-state index in [0.717, 1.165) is 16.7 Å². The summed E-state index contributed by atoms with van der Waals surface area (Å²) in [7, 11) is -3.17. The lowest BCUT2D eigenvalue weighted by molar-refractivity contribution is 0.386. The number of para-hydroxylation sites is 1. The van der Waals surface area contributed by atoms with Crippen LogP contribution in [0.15, 0.2) is 54.6 Å². The number of hydrogen-bond donors (Lipinski definition) is 1. The van der Waals surface area contributed by atoms with E-state index in [-0.39, 0.29) is 6.04 Å². The van der Waals surface area contributed by atoms with Gasteiger partial charge in [0.15, 0.2) is 0 Å². The Morgan fingerprint density at radius 1 is 0.931 bits per heavy atom. The van der Waals surface area contributed by atoms with Gasteiger partial charge < -0.3 is 10.2 Å². The van der Waals surface area contributed by atoms with Crippen molar-refractivity contribution in [2.75, 3.05) is 42.7 Å². The standard InChI is InChI=1S/C21H25N5O2S/c1-16(17-8-4-3-5-9-17)22-20-18-10-6-7-11-19(18)23-21(24-20)25-12-14-26(15-13-25)29(2,27)28/h3-11,16H,12-15H2,1-2H3,(H,22,23,24)/t16-/m1/s1. The quantitative estimate of drug-likeness (QED) is 0.696. The minimum atomic E-state index is -3.17. The summed E-state index contributed by atoms with van der Waals surface area (Å²) < 4.78 is 25.1. The van der Waals surface area contributed by atoms with Crippen LogP contribution in [0.3, 0.4) is 0 Å². The molecular weight excluding hydrogens is 386 g/mol. The SMILES string of the molecule is C[C@@H](Nc1nc(N2CCN(S(C)(=O)=O)CC2)nc2ccccc12)c1ccccc1. The molecule has 1 fully saturated rings. The van der Waals surface area contributed by atoms with Crippen molar-refractivity contribution in [2.24, 2.45) is 0 Å². The summed E-state index contributed by atoms with van der Waals surface area (Å²) >= 11 is 0. The zero-order valence-corrected chi connectivity index (χ0v) is 17.4. The molecule has 1 aliphatic rings. The first-order valence-corrected chi connectivity index (χ1v) is 11.5. The van der Waals surface area contributed by atoms with Crippen LogP contribution in [0.1, 0.15) is 18.5 Å². The molecule has 7 nitrogen and oxygen atoms in total. The van der Waals surface area contributed by atoms with Crippen LogP contribution < -0.4 is 10.2 Å². The number of fused-ring (bicyclic) bond motifs is 1. The Morgan fingerprint density at radius 3 is 2.28 bits per heavy atom. The first-order valence-electron chi connectivity index (χ1n) is 9.70. The van der Waals surface area contributed by atoms with E-state index < -0.39 is 10.0 Å². The molecular formula is C21H25N5O2S. The summed E-state index contributed by atoms with van der Waals surface area (Å²) in [4.78, 5) is 11.6. The fourth-order valence-electron chi connectivity index (χ4n) is 3.57. The van der Waals surface area contributed by atoms with Crippen LogP contribution in [0.25, 0.3) is 10.9 Å². The monoisotopic (exact) mass is 411 g/mol. The van der Waals surface area contributed by atoms with Gasteiger partial charge in [0.1, 0.15) is 5.82 Å². The lowest BCUT2D eigenvalue weighted by Crippen LogP contribution is -2.48. The van der Waals surface area contributed by atoms with Gasteiger partial charge in [-0.15, -0.1) is 0 Å². The normalized spacial score (nSPS) is 16.7. The van der Waals surface area contributed by atoms with Crippen LogP contribution in [-0.2, 0) is 10.0 Å². The Morgan fingerprint density at radius 2 is 1.59 bits per heavy atom. The first-order chi connectivity index (χ1) is 13.9. The number of anilines is 2. The maximum Gasteiger partial charge on any atom is 0.227 e. The number of benzene rings is 2. The molecule has 3 aromatic rings. The van der Waals surface area contributed by atoms with Crippen molar-refractivity contribution in [3.8, 4) is 0 Å². The van der Waals surface area contributed by atoms with E-state index >= 15 is 0 Å². The fraction of sp³-hybridized carbons (Fsp3) is 0.333. The zero-order valence-electron chi connectivity index (χ0n) is 16.6. The highest BCUT2D eigenvalue weighted by atomic mass is 32.2. The van der Waals surface area contributed by atoms with Crippen LogP contribution in [0, 0.1) is 0 Å². The third kappa shape index (κ3) is 4.33. The number of piperazine rings is 1. The predicted molar refractivity (Wildman–Crippen MR) is 117 cm³/mol. The predicted octanol–water partition coefficient (Wildman–Crippen LogP) is 2.88. The van der Waals surface area contributed by atoms with Gasteiger partial charge in [-0.05, 0) is 24.6 Å². The molecule has 0 bridgehead atoms. The molecule has 1 aromatic heterocycles. The molecule has 4 rings (SSSR count). The number of nitrogens with zero attached hydrogens (tertiary/aromatic N) is 4. The highest BCUT2D eigenvalue weighted by Gasteiger charge is 2.25. The number of hydrogen-bond acceptors (Lipinski definition) is 6. The van der Waals surface area contributed by atoms with Gasteiger partial charge in [-0.3, -0.25) is 0 Å². The smallest absolute Gasteiger partial charge is 0.227 e. The van der Waals surface area contributed by atoms with Gasteiger partial charge in [0.05, 0.1) is 11.8 Å². The van der Waals surface area contributed by atoms with Crippen molar-refractivity contribution in [3.05, 3.63) is 60.2 Å². The average Bonchev–Trinajstić information content (AvgIpc) is 2.74. The molecule has 1 aliphatic heterocycles. The van der Waals surface area contributed by atoms with E-state index in [0.29, 0.717) is 32.1 Å². The second-order valence-electron chi connectivity index (χ2n) is 7.32. The van der Waals surface area contributed by atoms with Crippen molar-refractivity contribution in [3.63, 3.8) is 0 Å². The summed E-state index contributed by atoms with van der Waals surface area (Å²) in [5.74, 6) is 1.41. The third-order valence-electron chi connectivity index (χ3n) is 5.23. The molecule has 1 atom stereocenters. The molecule has 0 unspecified atom stereocenters. The summed E-state index contributed by atoms with van der Waals surface area (Å²) in [6.07, 6.45) is 1.25. The van der Waals surface area contributed by atoms with E-state index in [4.69, 9.17) is 9.97 Å². The Labute approximate surface area is 171 Å². The van der Waals surface area contributed by atoms with E-state index in [1.165, 1.54) is 16.1 Å². The molecule has 29 heavy (non-hydrogen) atoms. The summed E-state index contributed by atoms with van der Waals surface area (Å²) in [5, 5.41) is 4.50. The average molecular weight is 412 g/mol. The van der Waals surface area contributed by atoms with E-state index in [9.17, 15) is 8.42 Å². The van der Waals surface area contributed by atoms with Gasteiger partial charge in [0, 0.05) is 37.6 Å². The number of rotatable bonds is 5. The van der Waals surface area contributed by atoms with E-state index in [1.54, 1.807) is 0 Å². The van der Waals surface area contributed by atoms with E-state index in [2.05, 4.69) is 24.4 Å². The molecule has 0 aliphatic carbocycles. The van der Waals surface area contributed by atoms with Crippen molar-refractivity contribution < 1.29 is 8.42 Å². The largest absolute Gasteiger partial charge is 0.363 e. The van der Waals surface area contributed by atoms with Crippen LogP contribution >= 0.6 is 0 Å². The van der Waals surface area contributed by atoms with Gasteiger partial charge in [0.25, 0.3) is 0 Å².